The Bertz CT molecular complexity index is 391. The Hall–Kier alpha value is -1.42. The molecule has 1 fully saturated rings. The number of halogens is 1. The van der Waals surface area contributed by atoms with Gasteiger partial charge in [-0.2, -0.15) is 0 Å². The van der Waals surface area contributed by atoms with Gasteiger partial charge in [0.1, 0.15) is 5.82 Å². The topological polar surface area (TPSA) is 41.1 Å². The number of hydrogen-bond acceptors (Lipinski definition) is 2. The molecule has 1 amide bonds. The largest absolute Gasteiger partial charge is 0.353 e. The molecule has 2 N–H and O–H groups in total. The van der Waals surface area contributed by atoms with Crippen molar-refractivity contribution in [2.75, 3.05) is 13.1 Å². The van der Waals surface area contributed by atoms with E-state index in [0.717, 1.165) is 12.1 Å². The number of carbonyl (C=O) groups is 1. The van der Waals surface area contributed by atoms with Gasteiger partial charge < -0.3 is 10.6 Å². The van der Waals surface area contributed by atoms with Gasteiger partial charge in [0, 0.05) is 13.1 Å². The summed E-state index contributed by atoms with van der Waals surface area (Å²) in [6, 6.07) is 6.26. The lowest BCUT2D eigenvalue weighted by Crippen LogP contribution is -2.62. The van der Waals surface area contributed by atoms with E-state index in [1.807, 2.05) is 6.92 Å². The van der Waals surface area contributed by atoms with Crippen LogP contribution in [0.15, 0.2) is 24.3 Å². The summed E-state index contributed by atoms with van der Waals surface area (Å²) in [6.07, 6.45) is 0.569. The summed E-state index contributed by atoms with van der Waals surface area (Å²) >= 11 is 0. The first-order valence-corrected chi connectivity index (χ1v) is 5.38. The predicted molar refractivity (Wildman–Crippen MR) is 59.5 cm³/mol. The smallest absolute Gasteiger partial charge is 0.240 e. The van der Waals surface area contributed by atoms with E-state index in [0.29, 0.717) is 13.0 Å². The second-order valence-corrected chi connectivity index (χ2v) is 4.32. The molecule has 0 spiro atoms. The van der Waals surface area contributed by atoms with Gasteiger partial charge >= 0.3 is 0 Å². The lowest BCUT2D eigenvalue weighted by atomic mass is 9.90. The van der Waals surface area contributed by atoms with E-state index in [2.05, 4.69) is 10.6 Å². The van der Waals surface area contributed by atoms with Crippen LogP contribution < -0.4 is 10.6 Å². The van der Waals surface area contributed by atoms with Crippen LogP contribution in [-0.4, -0.2) is 24.5 Å². The summed E-state index contributed by atoms with van der Waals surface area (Å²) < 4.78 is 12.7. The van der Waals surface area contributed by atoms with Crippen molar-refractivity contribution in [1.29, 1.82) is 0 Å². The summed E-state index contributed by atoms with van der Waals surface area (Å²) in [5.74, 6) is -0.252. The van der Waals surface area contributed by atoms with Crippen molar-refractivity contribution in [2.24, 2.45) is 0 Å². The van der Waals surface area contributed by atoms with E-state index >= 15 is 0 Å². The molecular formula is C12H15FN2O. The Morgan fingerprint density at radius 2 is 2.00 bits per heavy atom. The van der Waals surface area contributed by atoms with Gasteiger partial charge in [0.25, 0.3) is 0 Å². The van der Waals surface area contributed by atoms with Gasteiger partial charge in [-0.25, -0.2) is 4.39 Å². The van der Waals surface area contributed by atoms with Gasteiger partial charge in [-0.15, -0.1) is 0 Å². The number of hydrogen-bond donors (Lipinski definition) is 2. The normalized spacial score (nSPS) is 25.2. The Morgan fingerprint density at radius 1 is 1.31 bits per heavy atom. The van der Waals surface area contributed by atoms with E-state index in [4.69, 9.17) is 0 Å². The third-order valence-corrected chi connectivity index (χ3v) is 2.90. The third kappa shape index (κ3) is 2.22. The van der Waals surface area contributed by atoms with E-state index in [9.17, 15) is 9.18 Å². The SMILES string of the molecule is CC1(Cc2ccc(F)cc2)NCCNC1=O. The average Bonchev–Trinajstić information content (AvgIpc) is 2.26. The molecular weight excluding hydrogens is 207 g/mol. The standard InChI is InChI=1S/C12H15FN2O/c1-12(11(16)14-6-7-15-12)8-9-2-4-10(13)5-3-9/h2-5,15H,6-8H2,1H3,(H,14,16). The zero-order chi connectivity index (χ0) is 11.6. The van der Waals surface area contributed by atoms with Crippen LogP contribution in [0, 0.1) is 5.82 Å². The summed E-state index contributed by atoms with van der Waals surface area (Å²) in [5, 5.41) is 6.03. The molecule has 4 heteroatoms. The maximum Gasteiger partial charge on any atom is 0.240 e. The Balaban J connectivity index is 2.13. The molecule has 1 heterocycles. The van der Waals surface area contributed by atoms with E-state index in [1.165, 1.54) is 12.1 Å². The van der Waals surface area contributed by atoms with Crippen LogP contribution in [0.25, 0.3) is 0 Å². The zero-order valence-electron chi connectivity index (χ0n) is 9.22. The maximum atomic E-state index is 12.7. The van der Waals surface area contributed by atoms with Crippen LogP contribution in [0.5, 0.6) is 0 Å². The highest BCUT2D eigenvalue weighted by Gasteiger charge is 2.34. The summed E-state index contributed by atoms with van der Waals surface area (Å²) in [7, 11) is 0. The quantitative estimate of drug-likeness (QED) is 0.778. The number of benzene rings is 1. The molecule has 1 saturated heterocycles. The molecule has 16 heavy (non-hydrogen) atoms. The fourth-order valence-corrected chi connectivity index (χ4v) is 1.94. The van der Waals surface area contributed by atoms with Gasteiger partial charge in [-0.1, -0.05) is 12.1 Å². The first kappa shape index (κ1) is 11.1. The van der Waals surface area contributed by atoms with Crippen LogP contribution in [0.4, 0.5) is 4.39 Å². The molecule has 0 bridgehead atoms. The monoisotopic (exact) mass is 222 g/mol. The highest BCUT2D eigenvalue weighted by molar-refractivity contribution is 5.86. The van der Waals surface area contributed by atoms with Crippen LogP contribution in [0.1, 0.15) is 12.5 Å². The minimum Gasteiger partial charge on any atom is -0.353 e. The Morgan fingerprint density at radius 3 is 2.62 bits per heavy atom. The van der Waals surface area contributed by atoms with Crippen LogP contribution in [-0.2, 0) is 11.2 Å². The number of carbonyl (C=O) groups excluding carboxylic acids is 1. The molecule has 1 aliphatic heterocycles. The van der Waals surface area contributed by atoms with Crippen LogP contribution in [0.2, 0.25) is 0 Å². The van der Waals surface area contributed by atoms with Crippen molar-refractivity contribution in [3.63, 3.8) is 0 Å². The van der Waals surface area contributed by atoms with Crippen molar-refractivity contribution >= 4 is 5.91 Å². The highest BCUT2D eigenvalue weighted by atomic mass is 19.1. The van der Waals surface area contributed by atoms with Gasteiger partial charge in [-0.05, 0) is 31.0 Å². The number of amides is 1. The van der Waals surface area contributed by atoms with E-state index < -0.39 is 5.54 Å². The molecule has 0 radical (unpaired) electrons. The van der Waals surface area contributed by atoms with E-state index in [-0.39, 0.29) is 11.7 Å². The van der Waals surface area contributed by atoms with Crippen LogP contribution in [0.3, 0.4) is 0 Å². The van der Waals surface area contributed by atoms with Crippen molar-refractivity contribution in [2.45, 2.75) is 18.9 Å². The molecule has 3 nitrogen and oxygen atoms in total. The zero-order valence-corrected chi connectivity index (χ0v) is 9.22. The fraction of sp³-hybridized carbons (Fsp3) is 0.417. The molecule has 1 aromatic rings. The van der Waals surface area contributed by atoms with Crippen molar-refractivity contribution < 1.29 is 9.18 Å². The third-order valence-electron chi connectivity index (χ3n) is 2.90. The predicted octanol–water partition coefficient (Wildman–Crippen LogP) is 0.846. The van der Waals surface area contributed by atoms with Gasteiger partial charge in [0.2, 0.25) is 5.91 Å². The maximum absolute atomic E-state index is 12.7. The summed E-state index contributed by atoms with van der Waals surface area (Å²) in [6.45, 7) is 3.30. The van der Waals surface area contributed by atoms with Gasteiger partial charge in [0.05, 0.1) is 5.54 Å². The molecule has 1 atom stereocenters. The lowest BCUT2D eigenvalue weighted by molar-refractivity contribution is -0.128. The minimum absolute atomic E-state index is 0.00285. The summed E-state index contributed by atoms with van der Waals surface area (Å²) in [4.78, 5) is 11.7. The van der Waals surface area contributed by atoms with Crippen LogP contribution >= 0.6 is 0 Å². The van der Waals surface area contributed by atoms with E-state index in [1.54, 1.807) is 12.1 Å². The molecule has 2 rings (SSSR count). The number of rotatable bonds is 2. The highest BCUT2D eigenvalue weighted by Crippen LogP contribution is 2.15. The fourth-order valence-electron chi connectivity index (χ4n) is 1.94. The second kappa shape index (κ2) is 4.22. The Kier molecular flexibility index (Phi) is 2.92. The lowest BCUT2D eigenvalue weighted by Gasteiger charge is -2.34. The number of nitrogens with one attached hydrogen (secondary N) is 2. The molecule has 1 unspecified atom stereocenters. The average molecular weight is 222 g/mol. The van der Waals surface area contributed by atoms with Crippen molar-refractivity contribution in [3.8, 4) is 0 Å². The second-order valence-electron chi connectivity index (χ2n) is 4.32. The molecule has 0 aliphatic carbocycles. The molecule has 0 aromatic heterocycles. The molecule has 86 valence electrons. The Labute approximate surface area is 94.0 Å². The van der Waals surface area contributed by atoms with Crippen molar-refractivity contribution in [1.82, 2.24) is 10.6 Å². The number of piperazine rings is 1. The minimum atomic E-state index is -0.587. The van der Waals surface area contributed by atoms with Crippen molar-refractivity contribution in [3.05, 3.63) is 35.6 Å². The van der Waals surface area contributed by atoms with Gasteiger partial charge in [0.15, 0.2) is 0 Å². The van der Waals surface area contributed by atoms with Gasteiger partial charge in [-0.3, -0.25) is 4.79 Å². The summed E-state index contributed by atoms with van der Waals surface area (Å²) in [5.41, 5.74) is 0.365. The molecule has 1 aliphatic rings. The molecule has 0 saturated carbocycles. The molecule has 1 aromatic carbocycles. The first-order valence-electron chi connectivity index (χ1n) is 5.38. The first-order chi connectivity index (χ1) is 7.60.